The zero-order valence-electron chi connectivity index (χ0n) is 10.5. The fourth-order valence-corrected chi connectivity index (χ4v) is 2.34. The molecule has 20 heavy (non-hydrogen) atoms. The van der Waals surface area contributed by atoms with Crippen molar-refractivity contribution in [3.8, 4) is 0 Å². The molecule has 1 aromatic heterocycles. The SMILES string of the molecule is O=Cc1cccc2c1ccn2Cc1cccc(F)c1F. The Morgan fingerprint density at radius 1 is 1.05 bits per heavy atom. The number of carbonyl (C=O) groups is 1. The first-order valence-electron chi connectivity index (χ1n) is 6.16. The molecule has 0 bridgehead atoms. The van der Waals surface area contributed by atoms with E-state index in [9.17, 15) is 13.6 Å². The molecular formula is C16H11F2NO. The molecule has 0 unspecified atom stereocenters. The molecule has 0 fully saturated rings. The molecule has 3 rings (SSSR count). The van der Waals surface area contributed by atoms with Crippen LogP contribution < -0.4 is 0 Å². The molecule has 0 radical (unpaired) electrons. The summed E-state index contributed by atoms with van der Waals surface area (Å²) in [5, 5.41) is 0.805. The summed E-state index contributed by atoms with van der Waals surface area (Å²) in [5.74, 6) is -1.69. The first-order valence-corrected chi connectivity index (χ1v) is 6.16. The predicted molar refractivity (Wildman–Crippen MR) is 72.8 cm³/mol. The van der Waals surface area contributed by atoms with Gasteiger partial charge < -0.3 is 4.57 Å². The van der Waals surface area contributed by atoms with Gasteiger partial charge in [-0.25, -0.2) is 8.78 Å². The van der Waals surface area contributed by atoms with Gasteiger partial charge in [-0.3, -0.25) is 4.79 Å². The fourth-order valence-electron chi connectivity index (χ4n) is 2.34. The molecule has 0 atom stereocenters. The van der Waals surface area contributed by atoms with Crippen LogP contribution >= 0.6 is 0 Å². The normalized spacial score (nSPS) is 10.9. The van der Waals surface area contributed by atoms with Crippen molar-refractivity contribution in [3.05, 3.63) is 71.4 Å². The van der Waals surface area contributed by atoms with Gasteiger partial charge in [0.2, 0.25) is 0 Å². The van der Waals surface area contributed by atoms with E-state index in [-0.39, 0.29) is 12.1 Å². The monoisotopic (exact) mass is 271 g/mol. The lowest BCUT2D eigenvalue weighted by molar-refractivity contribution is 0.112. The number of rotatable bonds is 3. The highest BCUT2D eigenvalue weighted by molar-refractivity contribution is 5.97. The zero-order valence-corrected chi connectivity index (χ0v) is 10.5. The number of benzene rings is 2. The molecule has 3 aromatic rings. The highest BCUT2D eigenvalue weighted by Gasteiger charge is 2.10. The summed E-state index contributed by atoms with van der Waals surface area (Å²) in [6, 6.07) is 11.3. The molecule has 0 saturated carbocycles. The number of carbonyl (C=O) groups excluding carboxylic acids is 1. The molecule has 2 nitrogen and oxygen atoms in total. The molecular weight excluding hydrogens is 260 g/mol. The van der Waals surface area contributed by atoms with Crippen molar-refractivity contribution in [1.82, 2.24) is 4.57 Å². The van der Waals surface area contributed by atoms with Gasteiger partial charge in [0.1, 0.15) is 0 Å². The van der Waals surface area contributed by atoms with Crippen molar-refractivity contribution in [2.45, 2.75) is 6.54 Å². The van der Waals surface area contributed by atoms with E-state index in [0.717, 1.165) is 23.3 Å². The van der Waals surface area contributed by atoms with Gasteiger partial charge in [-0.05, 0) is 18.2 Å². The van der Waals surface area contributed by atoms with Crippen LogP contribution in [0.4, 0.5) is 8.78 Å². The number of nitrogens with zero attached hydrogens (tertiary/aromatic N) is 1. The Balaban J connectivity index is 2.08. The maximum Gasteiger partial charge on any atom is 0.163 e. The van der Waals surface area contributed by atoms with E-state index in [1.807, 2.05) is 6.07 Å². The van der Waals surface area contributed by atoms with Gasteiger partial charge in [-0.1, -0.05) is 24.3 Å². The number of hydrogen-bond donors (Lipinski definition) is 0. The first kappa shape index (κ1) is 12.5. The Labute approximate surface area is 114 Å². The lowest BCUT2D eigenvalue weighted by atomic mass is 10.1. The zero-order chi connectivity index (χ0) is 14.1. The molecule has 1 heterocycles. The summed E-state index contributed by atoms with van der Waals surface area (Å²) < 4.78 is 28.7. The third-order valence-corrected chi connectivity index (χ3v) is 3.35. The van der Waals surface area contributed by atoms with Gasteiger partial charge in [-0.15, -0.1) is 0 Å². The summed E-state index contributed by atoms with van der Waals surface area (Å²) >= 11 is 0. The van der Waals surface area contributed by atoms with Crippen molar-refractivity contribution in [3.63, 3.8) is 0 Å². The Kier molecular flexibility index (Phi) is 3.06. The Morgan fingerprint density at radius 2 is 1.85 bits per heavy atom. The molecule has 0 N–H and O–H groups in total. The second-order valence-corrected chi connectivity index (χ2v) is 4.55. The van der Waals surface area contributed by atoms with Crippen LogP contribution in [0.5, 0.6) is 0 Å². The summed E-state index contributed by atoms with van der Waals surface area (Å²) in [7, 11) is 0. The van der Waals surface area contributed by atoms with Crippen LogP contribution in [0.25, 0.3) is 10.9 Å². The average Bonchev–Trinajstić information content (AvgIpc) is 2.87. The van der Waals surface area contributed by atoms with Crippen molar-refractivity contribution < 1.29 is 13.6 Å². The van der Waals surface area contributed by atoms with Crippen LogP contribution in [0.3, 0.4) is 0 Å². The van der Waals surface area contributed by atoms with Gasteiger partial charge in [-0.2, -0.15) is 0 Å². The number of aldehydes is 1. The molecule has 0 aliphatic rings. The van der Waals surface area contributed by atoms with Crippen molar-refractivity contribution in [2.24, 2.45) is 0 Å². The predicted octanol–water partition coefficient (Wildman–Crippen LogP) is 3.78. The maximum atomic E-state index is 13.7. The molecule has 2 aromatic carbocycles. The molecule has 0 spiro atoms. The van der Waals surface area contributed by atoms with Gasteiger partial charge in [0.05, 0.1) is 6.54 Å². The van der Waals surface area contributed by atoms with E-state index < -0.39 is 11.6 Å². The van der Waals surface area contributed by atoms with Crippen molar-refractivity contribution >= 4 is 17.2 Å². The van der Waals surface area contributed by atoms with E-state index in [2.05, 4.69) is 0 Å². The average molecular weight is 271 g/mol. The molecule has 0 amide bonds. The molecule has 0 saturated heterocycles. The topological polar surface area (TPSA) is 22.0 Å². The van der Waals surface area contributed by atoms with E-state index in [4.69, 9.17) is 0 Å². The maximum absolute atomic E-state index is 13.7. The van der Waals surface area contributed by atoms with E-state index in [1.165, 1.54) is 6.07 Å². The highest BCUT2D eigenvalue weighted by atomic mass is 19.2. The third-order valence-electron chi connectivity index (χ3n) is 3.35. The Morgan fingerprint density at radius 3 is 2.65 bits per heavy atom. The van der Waals surface area contributed by atoms with Crippen LogP contribution in [0.15, 0.2) is 48.7 Å². The second kappa shape index (κ2) is 4.89. The molecule has 100 valence electrons. The minimum atomic E-state index is -0.854. The number of fused-ring (bicyclic) bond motifs is 1. The molecule has 4 heteroatoms. The lowest BCUT2D eigenvalue weighted by Gasteiger charge is -2.07. The highest BCUT2D eigenvalue weighted by Crippen LogP contribution is 2.21. The van der Waals surface area contributed by atoms with Crippen LogP contribution in [-0.4, -0.2) is 10.9 Å². The Bertz CT molecular complexity index is 792. The van der Waals surface area contributed by atoms with Crippen LogP contribution in [0.1, 0.15) is 15.9 Å². The first-order chi connectivity index (χ1) is 9.70. The summed E-state index contributed by atoms with van der Waals surface area (Å²) in [6.45, 7) is 0.218. The molecule has 0 aliphatic heterocycles. The number of aromatic nitrogens is 1. The fraction of sp³-hybridized carbons (Fsp3) is 0.0625. The second-order valence-electron chi connectivity index (χ2n) is 4.55. The van der Waals surface area contributed by atoms with Crippen molar-refractivity contribution in [1.29, 1.82) is 0 Å². The minimum Gasteiger partial charge on any atom is -0.343 e. The standard InChI is InChI=1S/C16H11F2NO/c17-14-5-1-3-11(16(14)18)9-19-8-7-13-12(10-20)4-2-6-15(13)19/h1-8,10H,9H2. The molecule has 0 aliphatic carbocycles. The van der Waals surface area contributed by atoms with Gasteiger partial charge in [0.25, 0.3) is 0 Å². The van der Waals surface area contributed by atoms with E-state index >= 15 is 0 Å². The number of hydrogen-bond acceptors (Lipinski definition) is 1. The van der Waals surface area contributed by atoms with Gasteiger partial charge in [0, 0.05) is 28.2 Å². The summed E-state index contributed by atoms with van der Waals surface area (Å²) in [4.78, 5) is 11.0. The lowest BCUT2D eigenvalue weighted by Crippen LogP contribution is -2.02. The van der Waals surface area contributed by atoms with Gasteiger partial charge >= 0.3 is 0 Å². The smallest absolute Gasteiger partial charge is 0.163 e. The third kappa shape index (κ3) is 1.99. The Hall–Kier alpha value is -2.49. The minimum absolute atomic E-state index is 0.218. The van der Waals surface area contributed by atoms with Gasteiger partial charge in [0.15, 0.2) is 17.9 Å². The summed E-state index contributed by atoms with van der Waals surface area (Å²) in [6.07, 6.45) is 2.55. The van der Waals surface area contributed by atoms with Crippen LogP contribution in [0.2, 0.25) is 0 Å². The number of halogens is 2. The van der Waals surface area contributed by atoms with Crippen molar-refractivity contribution in [2.75, 3.05) is 0 Å². The van der Waals surface area contributed by atoms with Crippen LogP contribution in [0, 0.1) is 11.6 Å². The quantitative estimate of drug-likeness (QED) is 0.664. The van der Waals surface area contributed by atoms with E-state index in [0.29, 0.717) is 5.56 Å². The van der Waals surface area contributed by atoms with Crippen LogP contribution in [-0.2, 0) is 6.54 Å². The van der Waals surface area contributed by atoms with E-state index in [1.54, 1.807) is 35.0 Å². The largest absolute Gasteiger partial charge is 0.343 e. The summed E-state index contributed by atoms with van der Waals surface area (Å²) in [5.41, 5.74) is 1.68.